The number of rotatable bonds is 3. The molecular formula is C22H23ClN2O3. The molecule has 28 heavy (non-hydrogen) atoms. The number of nitrogens with zero attached hydrogens (tertiary/aromatic N) is 1. The fourth-order valence-electron chi connectivity index (χ4n) is 3.79. The van der Waals surface area contributed by atoms with Gasteiger partial charge in [0.15, 0.2) is 0 Å². The largest absolute Gasteiger partial charge is 0.423 e. The smallest absolute Gasteiger partial charge is 0.336 e. The van der Waals surface area contributed by atoms with Crippen LogP contribution in [-0.2, 0) is 0 Å². The van der Waals surface area contributed by atoms with Gasteiger partial charge in [0.05, 0.1) is 0 Å². The van der Waals surface area contributed by atoms with Gasteiger partial charge in [-0.3, -0.25) is 4.79 Å². The molecule has 1 atom stereocenters. The Labute approximate surface area is 169 Å². The van der Waals surface area contributed by atoms with Gasteiger partial charge < -0.3 is 15.1 Å². The topological polar surface area (TPSA) is 76.5 Å². The van der Waals surface area contributed by atoms with Crippen LogP contribution in [0.2, 0.25) is 0 Å². The Hall–Kier alpha value is -2.63. The highest BCUT2D eigenvalue weighted by Crippen LogP contribution is 2.30. The maximum absolute atomic E-state index is 12.8. The van der Waals surface area contributed by atoms with Crippen LogP contribution in [0.5, 0.6) is 0 Å². The van der Waals surface area contributed by atoms with Crippen molar-refractivity contribution in [3.05, 3.63) is 70.1 Å². The molecule has 1 aromatic heterocycles. The number of nitrogens with two attached hydrogens (primary N) is 1. The lowest BCUT2D eigenvalue weighted by atomic mass is 9.97. The van der Waals surface area contributed by atoms with Crippen LogP contribution in [0.15, 0.2) is 57.7 Å². The lowest BCUT2D eigenvalue weighted by Gasteiger charge is -2.17. The molecule has 2 aromatic carbocycles. The minimum absolute atomic E-state index is 0. The van der Waals surface area contributed by atoms with Gasteiger partial charge in [0.25, 0.3) is 5.91 Å². The van der Waals surface area contributed by atoms with Gasteiger partial charge in [-0.1, -0.05) is 24.3 Å². The first-order valence-corrected chi connectivity index (χ1v) is 9.20. The Morgan fingerprint density at radius 1 is 1.18 bits per heavy atom. The van der Waals surface area contributed by atoms with Crippen LogP contribution >= 0.6 is 12.4 Å². The molecule has 1 amide bonds. The predicted octanol–water partition coefficient (Wildman–Crippen LogP) is 3.61. The Morgan fingerprint density at radius 2 is 1.96 bits per heavy atom. The third kappa shape index (κ3) is 3.68. The fourth-order valence-corrected chi connectivity index (χ4v) is 3.79. The van der Waals surface area contributed by atoms with Crippen LogP contribution in [0.3, 0.4) is 0 Å². The van der Waals surface area contributed by atoms with Crippen LogP contribution in [0.25, 0.3) is 22.1 Å². The van der Waals surface area contributed by atoms with Crippen LogP contribution in [-0.4, -0.2) is 30.4 Å². The van der Waals surface area contributed by atoms with E-state index in [1.165, 1.54) is 6.07 Å². The molecule has 0 aliphatic carbocycles. The highest BCUT2D eigenvalue weighted by atomic mass is 35.5. The molecule has 4 rings (SSSR count). The molecule has 3 aromatic rings. The summed E-state index contributed by atoms with van der Waals surface area (Å²) < 4.78 is 5.41. The van der Waals surface area contributed by atoms with Gasteiger partial charge in [0.1, 0.15) is 5.58 Å². The molecule has 0 radical (unpaired) electrons. The van der Waals surface area contributed by atoms with Gasteiger partial charge in [0.2, 0.25) is 0 Å². The molecule has 2 N–H and O–H groups in total. The van der Waals surface area contributed by atoms with E-state index in [1.807, 2.05) is 48.2 Å². The minimum Gasteiger partial charge on any atom is -0.423 e. The quantitative estimate of drug-likeness (QED) is 0.684. The molecule has 6 heteroatoms. The summed E-state index contributed by atoms with van der Waals surface area (Å²) in [6, 6.07) is 14.8. The van der Waals surface area contributed by atoms with Gasteiger partial charge in [0, 0.05) is 35.7 Å². The van der Waals surface area contributed by atoms with Crippen molar-refractivity contribution < 1.29 is 9.21 Å². The van der Waals surface area contributed by atoms with Crippen molar-refractivity contribution in [3.8, 4) is 11.1 Å². The van der Waals surface area contributed by atoms with E-state index < -0.39 is 5.63 Å². The van der Waals surface area contributed by atoms with Crippen molar-refractivity contribution in [2.24, 2.45) is 11.7 Å². The number of hydrogen-bond donors (Lipinski definition) is 1. The molecule has 0 saturated carbocycles. The number of halogens is 1. The molecule has 5 nitrogen and oxygen atoms in total. The van der Waals surface area contributed by atoms with Crippen LogP contribution < -0.4 is 11.4 Å². The van der Waals surface area contributed by atoms with Gasteiger partial charge in [-0.2, -0.15) is 0 Å². The molecule has 2 heterocycles. The van der Waals surface area contributed by atoms with E-state index in [4.69, 9.17) is 10.2 Å². The third-order valence-corrected chi connectivity index (χ3v) is 5.33. The summed E-state index contributed by atoms with van der Waals surface area (Å²) in [5, 5.41) is 0.821. The van der Waals surface area contributed by atoms with E-state index in [2.05, 4.69) is 0 Å². The third-order valence-electron chi connectivity index (χ3n) is 5.33. The average Bonchev–Trinajstić information content (AvgIpc) is 3.16. The number of benzene rings is 2. The van der Waals surface area contributed by atoms with Gasteiger partial charge in [-0.15, -0.1) is 12.4 Å². The van der Waals surface area contributed by atoms with Crippen molar-refractivity contribution in [2.75, 3.05) is 19.6 Å². The maximum atomic E-state index is 12.8. The molecule has 0 spiro atoms. The molecule has 1 saturated heterocycles. The zero-order valence-electron chi connectivity index (χ0n) is 15.7. The summed E-state index contributed by atoms with van der Waals surface area (Å²) in [5.41, 5.74) is 9.15. The molecule has 0 unspecified atom stereocenters. The molecule has 1 aliphatic rings. The summed E-state index contributed by atoms with van der Waals surface area (Å²) in [6.45, 7) is 4.00. The lowest BCUT2D eigenvalue weighted by molar-refractivity contribution is 0.0787. The second-order valence-electron chi connectivity index (χ2n) is 7.15. The van der Waals surface area contributed by atoms with Gasteiger partial charge in [-0.05, 0) is 55.1 Å². The maximum Gasteiger partial charge on any atom is 0.336 e. The Bertz CT molecular complexity index is 1080. The summed E-state index contributed by atoms with van der Waals surface area (Å²) in [5.74, 6) is 0.316. The van der Waals surface area contributed by atoms with E-state index in [-0.39, 0.29) is 18.3 Å². The van der Waals surface area contributed by atoms with Crippen LogP contribution in [0.1, 0.15) is 22.3 Å². The summed E-state index contributed by atoms with van der Waals surface area (Å²) >= 11 is 0. The van der Waals surface area contributed by atoms with Crippen molar-refractivity contribution >= 4 is 29.3 Å². The summed E-state index contributed by atoms with van der Waals surface area (Å²) in [6.07, 6.45) is 0.933. The van der Waals surface area contributed by atoms with E-state index in [0.717, 1.165) is 28.5 Å². The average molecular weight is 399 g/mol. The highest BCUT2D eigenvalue weighted by molar-refractivity contribution is 6.01. The SMILES string of the molecule is Cc1ccccc1-c1cc(=O)oc2cc(C(=O)N3CC[C@H](CN)C3)ccc12.Cl. The van der Waals surface area contributed by atoms with Crippen molar-refractivity contribution in [1.29, 1.82) is 0 Å². The Balaban J connectivity index is 0.00000225. The fraction of sp³-hybridized carbons (Fsp3) is 0.273. The molecular weight excluding hydrogens is 376 g/mol. The zero-order chi connectivity index (χ0) is 19.0. The molecule has 146 valence electrons. The van der Waals surface area contributed by atoms with Crippen molar-refractivity contribution in [3.63, 3.8) is 0 Å². The monoisotopic (exact) mass is 398 g/mol. The predicted molar refractivity (Wildman–Crippen MR) is 113 cm³/mol. The second-order valence-corrected chi connectivity index (χ2v) is 7.15. The van der Waals surface area contributed by atoms with E-state index in [1.54, 1.807) is 6.07 Å². The zero-order valence-corrected chi connectivity index (χ0v) is 16.5. The minimum atomic E-state index is -0.422. The normalized spacial score (nSPS) is 16.2. The van der Waals surface area contributed by atoms with Crippen molar-refractivity contribution in [1.82, 2.24) is 4.90 Å². The summed E-state index contributed by atoms with van der Waals surface area (Å²) in [7, 11) is 0. The van der Waals surface area contributed by atoms with Crippen LogP contribution in [0.4, 0.5) is 0 Å². The molecule has 0 bridgehead atoms. The van der Waals surface area contributed by atoms with Gasteiger partial charge >= 0.3 is 5.63 Å². The number of carbonyl (C=O) groups is 1. The number of hydrogen-bond acceptors (Lipinski definition) is 4. The van der Waals surface area contributed by atoms with E-state index in [0.29, 0.717) is 36.7 Å². The first-order chi connectivity index (χ1) is 13.1. The first-order valence-electron chi connectivity index (χ1n) is 9.20. The summed E-state index contributed by atoms with van der Waals surface area (Å²) in [4.78, 5) is 26.8. The number of carbonyl (C=O) groups excluding carboxylic acids is 1. The molecule has 1 fully saturated rings. The van der Waals surface area contributed by atoms with Crippen LogP contribution in [0, 0.1) is 12.8 Å². The Kier molecular flexibility index (Phi) is 5.87. The van der Waals surface area contributed by atoms with Gasteiger partial charge in [-0.25, -0.2) is 4.79 Å². The number of likely N-dealkylation sites (tertiary alicyclic amines) is 1. The van der Waals surface area contributed by atoms with E-state index in [9.17, 15) is 9.59 Å². The van der Waals surface area contributed by atoms with E-state index >= 15 is 0 Å². The first kappa shape index (κ1) is 20.1. The number of amides is 1. The highest BCUT2D eigenvalue weighted by Gasteiger charge is 2.26. The Morgan fingerprint density at radius 3 is 2.68 bits per heavy atom. The number of aryl methyl sites for hydroxylation is 1. The second kappa shape index (κ2) is 8.17. The van der Waals surface area contributed by atoms with Crippen molar-refractivity contribution in [2.45, 2.75) is 13.3 Å². The molecule has 1 aliphatic heterocycles. The lowest BCUT2D eigenvalue weighted by Crippen LogP contribution is -2.29. The number of fused-ring (bicyclic) bond motifs is 1. The standard InChI is InChI=1S/C22H22N2O3.ClH/c1-14-4-2-3-5-17(14)19-11-21(25)27-20-10-16(6-7-18(19)20)22(26)24-9-8-15(12-23)13-24;/h2-7,10-11,15H,8-9,12-13,23H2,1H3;1H/t15-;/m1./s1.